The van der Waals surface area contributed by atoms with Gasteiger partial charge >= 0.3 is 5.97 Å². The smallest absolute Gasteiger partial charge is 0.307 e. The Balaban J connectivity index is 2.29. The Morgan fingerprint density at radius 1 is 0.806 bits per heavy atom. The molecule has 0 saturated heterocycles. The fraction of sp³-hybridized carbons (Fsp3) is 0.346. The average Bonchev–Trinajstić information content (AvgIpc) is 2.84. The van der Waals surface area contributed by atoms with Crippen LogP contribution in [0.5, 0.6) is 0 Å². The molecule has 0 aliphatic heterocycles. The molecule has 10 heteroatoms. The number of hydrogen-bond acceptors (Lipinski definition) is 5. The van der Waals surface area contributed by atoms with Crippen LogP contribution < -0.4 is 22.9 Å². The molecule has 0 aliphatic carbocycles. The zero-order chi connectivity index (χ0) is 26.5. The van der Waals surface area contributed by atoms with Crippen molar-refractivity contribution < 1.29 is 19.5 Å². The van der Waals surface area contributed by atoms with E-state index in [1.165, 1.54) is 0 Å². The molecule has 0 aliphatic rings. The Morgan fingerprint density at radius 3 is 1.86 bits per heavy atom. The molecule has 0 heterocycles. The lowest BCUT2D eigenvalue weighted by Gasteiger charge is -2.21. The summed E-state index contributed by atoms with van der Waals surface area (Å²) in [4.78, 5) is 47.0. The monoisotopic (exact) mass is 494 g/mol. The quantitative estimate of drug-likeness (QED) is 0.104. The summed E-state index contributed by atoms with van der Waals surface area (Å²) in [5.41, 5.74) is 23.4. The molecule has 10 nitrogen and oxygen atoms in total. The maximum absolute atomic E-state index is 13.6. The highest BCUT2D eigenvalue weighted by atomic mass is 16.4. The van der Waals surface area contributed by atoms with E-state index in [0.29, 0.717) is 6.42 Å². The van der Waals surface area contributed by atoms with Gasteiger partial charge in [-0.05, 0) is 36.8 Å². The Kier molecular flexibility index (Phi) is 11.1. The molecule has 0 aromatic heterocycles. The van der Waals surface area contributed by atoms with E-state index in [-0.39, 0.29) is 44.1 Å². The molecule has 0 saturated carbocycles. The molecular weight excluding hydrogens is 460 g/mol. The van der Waals surface area contributed by atoms with Crippen LogP contribution in [0.1, 0.15) is 30.4 Å². The third kappa shape index (κ3) is 9.57. The molecule has 3 unspecified atom stereocenters. The SMILES string of the molecule is NC(N)=NCCCC(N=C(N)N)C(=O)C(Cc1ccccc1)C(=O)CC(Cc1ccccc1)C(=O)O. The van der Waals surface area contributed by atoms with Crippen LogP contribution in [0.25, 0.3) is 0 Å². The number of carboxylic acid groups (broad SMARTS) is 1. The van der Waals surface area contributed by atoms with Gasteiger partial charge in [0.15, 0.2) is 17.7 Å². The van der Waals surface area contributed by atoms with E-state index >= 15 is 0 Å². The highest BCUT2D eigenvalue weighted by molar-refractivity contribution is 6.06. The van der Waals surface area contributed by atoms with E-state index < -0.39 is 35.4 Å². The fourth-order valence-electron chi connectivity index (χ4n) is 3.93. The van der Waals surface area contributed by atoms with Gasteiger partial charge in [-0.25, -0.2) is 4.99 Å². The summed E-state index contributed by atoms with van der Waals surface area (Å²) in [7, 11) is 0. The number of Topliss-reactive ketones (excluding diaryl/α,β-unsaturated/α-hetero) is 2. The first-order valence-electron chi connectivity index (χ1n) is 11.7. The van der Waals surface area contributed by atoms with Crippen molar-refractivity contribution in [1.29, 1.82) is 0 Å². The number of benzene rings is 2. The number of aliphatic imine (C=N–C) groups is 2. The van der Waals surface area contributed by atoms with E-state index in [1.807, 2.05) is 12.1 Å². The van der Waals surface area contributed by atoms with Gasteiger partial charge in [0.2, 0.25) is 0 Å². The number of hydrogen-bond donors (Lipinski definition) is 5. The van der Waals surface area contributed by atoms with Gasteiger partial charge in [-0.1, -0.05) is 60.7 Å². The molecule has 0 radical (unpaired) electrons. The lowest BCUT2D eigenvalue weighted by atomic mass is 9.82. The zero-order valence-electron chi connectivity index (χ0n) is 20.1. The Hall–Kier alpha value is -4.21. The largest absolute Gasteiger partial charge is 0.481 e. The summed E-state index contributed by atoms with van der Waals surface area (Å²) < 4.78 is 0. The van der Waals surface area contributed by atoms with Crippen LogP contribution in [0.15, 0.2) is 70.6 Å². The van der Waals surface area contributed by atoms with Gasteiger partial charge in [-0.15, -0.1) is 0 Å². The van der Waals surface area contributed by atoms with Crippen molar-refractivity contribution in [3.8, 4) is 0 Å². The van der Waals surface area contributed by atoms with Gasteiger partial charge in [0, 0.05) is 13.0 Å². The van der Waals surface area contributed by atoms with Crippen LogP contribution >= 0.6 is 0 Å². The van der Waals surface area contributed by atoms with E-state index in [2.05, 4.69) is 9.98 Å². The number of aliphatic carboxylic acids is 1. The number of carboxylic acids is 1. The molecule has 2 aromatic carbocycles. The predicted molar refractivity (Wildman–Crippen MR) is 139 cm³/mol. The summed E-state index contributed by atoms with van der Waals surface area (Å²) in [6.45, 7) is 0.265. The molecule has 192 valence electrons. The van der Waals surface area contributed by atoms with Crippen molar-refractivity contribution in [2.75, 3.05) is 6.54 Å². The first kappa shape index (κ1) is 28.0. The first-order chi connectivity index (χ1) is 17.2. The minimum Gasteiger partial charge on any atom is -0.481 e. The van der Waals surface area contributed by atoms with Crippen molar-refractivity contribution in [1.82, 2.24) is 0 Å². The molecule has 36 heavy (non-hydrogen) atoms. The van der Waals surface area contributed by atoms with Crippen LogP contribution in [0.2, 0.25) is 0 Å². The standard InChI is InChI=1S/C26H34N6O4/c27-25(28)31-13-7-12-21(32-26(29)30)23(34)20(15-18-10-5-2-6-11-18)22(33)16-19(24(35)36)14-17-8-3-1-4-9-17/h1-6,8-11,19-21H,7,12-16H2,(H,35,36)(H4,27,28,31)(H4,29,30,32). The minimum absolute atomic E-state index is 0.0741. The predicted octanol–water partition coefficient (Wildman–Crippen LogP) is 1.01. The summed E-state index contributed by atoms with van der Waals surface area (Å²) in [6, 6.07) is 17.1. The third-order valence-electron chi connectivity index (χ3n) is 5.70. The lowest BCUT2D eigenvalue weighted by molar-refractivity contribution is -0.145. The number of guanidine groups is 2. The molecule has 0 bridgehead atoms. The number of rotatable bonds is 15. The third-order valence-corrected chi connectivity index (χ3v) is 5.70. The summed E-state index contributed by atoms with van der Waals surface area (Å²) in [5.74, 6) is -4.48. The number of ketones is 2. The summed E-state index contributed by atoms with van der Waals surface area (Å²) in [5, 5.41) is 9.78. The van der Waals surface area contributed by atoms with E-state index in [9.17, 15) is 19.5 Å². The maximum Gasteiger partial charge on any atom is 0.307 e. The average molecular weight is 495 g/mol. The molecular formula is C26H34N6O4. The van der Waals surface area contributed by atoms with Crippen LogP contribution in [-0.4, -0.2) is 47.1 Å². The van der Waals surface area contributed by atoms with Crippen molar-refractivity contribution in [3.05, 3.63) is 71.8 Å². The zero-order valence-corrected chi connectivity index (χ0v) is 20.1. The van der Waals surface area contributed by atoms with Crippen molar-refractivity contribution in [3.63, 3.8) is 0 Å². The Labute approximate surface area is 210 Å². The van der Waals surface area contributed by atoms with E-state index in [0.717, 1.165) is 11.1 Å². The van der Waals surface area contributed by atoms with Crippen LogP contribution in [0, 0.1) is 11.8 Å². The molecule has 0 spiro atoms. The van der Waals surface area contributed by atoms with Crippen molar-refractivity contribution in [2.45, 2.75) is 38.1 Å². The molecule has 2 aromatic rings. The Bertz CT molecular complexity index is 1060. The highest BCUT2D eigenvalue weighted by Gasteiger charge is 2.34. The molecule has 0 amide bonds. The summed E-state index contributed by atoms with van der Waals surface area (Å²) in [6.07, 6.45) is 0.613. The maximum atomic E-state index is 13.6. The van der Waals surface area contributed by atoms with Crippen LogP contribution in [0.3, 0.4) is 0 Å². The van der Waals surface area contributed by atoms with Crippen molar-refractivity contribution in [2.24, 2.45) is 44.8 Å². The molecule has 0 fully saturated rings. The normalized spacial score (nSPS) is 13.1. The number of carbonyl (C=O) groups is 3. The van der Waals surface area contributed by atoms with Gasteiger partial charge in [-0.2, -0.15) is 0 Å². The number of nitrogens with two attached hydrogens (primary N) is 4. The van der Waals surface area contributed by atoms with Gasteiger partial charge in [-0.3, -0.25) is 19.4 Å². The van der Waals surface area contributed by atoms with Gasteiger partial charge in [0.1, 0.15) is 11.8 Å². The minimum atomic E-state index is -1.11. The van der Waals surface area contributed by atoms with E-state index in [4.69, 9.17) is 22.9 Å². The Morgan fingerprint density at radius 2 is 1.36 bits per heavy atom. The fourth-order valence-corrected chi connectivity index (χ4v) is 3.93. The summed E-state index contributed by atoms with van der Waals surface area (Å²) >= 11 is 0. The van der Waals surface area contributed by atoms with Gasteiger partial charge < -0.3 is 28.0 Å². The highest BCUT2D eigenvalue weighted by Crippen LogP contribution is 2.22. The number of nitrogens with zero attached hydrogens (tertiary/aromatic N) is 2. The van der Waals surface area contributed by atoms with E-state index in [1.54, 1.807) is 48.5 Å². The first-order valence-corrected chi connectivity index (χ1v) is 11.7. The number of carbonyl (C=O) groups excluding carboxylic acids is 2. The second kappa shape index (κ2) is 14.2. The second-order valence-corrected chi connectivity index (χ2v) is 8.56. The van der Waals surface area contributed by atoms with Gasteiger partial charge in [0.25, 0.3) is 0 Å². The molecule has 9 N–H and O–H groups in total. The van der Waals surface area contributed by atoms with Crippen molar-refractivity contribution >= 4 is 29.5 Å². The molecule has 3 atom stereocenters. The van der Waals surface area contributed by atoms with Gasteiger partial charge in [0.05, 0.1) is 11.8 Å². The second-order valence-electron chi connectivity index (χ2n) is 8.56. The van der Waals surface area contributed by atoms with Crippen LogP contribution in [0.4, 0.5) is 0 Å². The molecule has 2 rings (SSSR count). The lowest BCUT2D eigenvalue weighted by Crippen LogP contribution is -2.38. The van der Waals surface area contributed by atoms with Crippen LogP contribution in [-0.2, 0) is 27.2 Å². The topological polar surface area (TPSA) is 200 Å².